The highest BCUT2D eigenvalue weighted by Crippen LogP contribution is 2.35. The number of hydrogen-bond acceptors (Lipinski definition) is 5. The van der Waals surface area contributed by atoms with Crippen LogP contribution < -0.4 is 14.4 Å². The zero-order valence-corrected chi connectivity index (χ0v) is 18.6. The lowest BCUT2D eigenvalue weighted by molar-refractivity contribution is -0.137. The highest BCUT2D eigenvalue weighted by atomic mass is 32.2. The Kier molecular flexibility index (Phi) is 6.91. The van der Waals surface area contributed by atoms with Gasteiger partial charge in [0.2, 0.25) is 0 Å². The molecule has 0 saturated carbocycles. The zero-order chi connectivity index (χ0) is 23.3. The van der Waals surface area contributed by atoms with Gasteiger partial charge in [-0.1, -0.05) is 42.3 Å². The van der Waals surface area contributed by atoms with Crippen molar-refractivity contribution in [2.45, 2.75) is 24.3 Å². The number of nitrogens with one attached hydrogen (secondary N) is 1. The third-order valence-electron chi connectivity index (χ3n) is 5.08. The lowest BCUT2D eigenvalue weighted by Crippen LogP contribution is -2.35. The molecule has 166 valence electrons. The van der Waals surface area contributed by atoms with E-state index in [9.17, 15) is 18.3 Å². The SMILES string of the molecule is C#CCN(c1ccc(NS(=O)(=O)c2ccccc2OC)c2ccccc12)[C@@H](C)CC(=O)O. The first-order chi connectivity index (χ1) is 15.3. The van der Waals surface area contributed by atoms with Gasteiger partial charge in [-0.2, -0.15) is 0 Å². The monoisotopic (exact) mass is 452 g/mol. The Morgan fingerprint density at radius 3 is 2.44 bits per heavy atom. The van der Waals surface area contributed by atoms with Crippen molar-refractivity contribution < 1.29 is 23.1 Å². The summed E-state index contributed by atoms with van der Waals surface area (Å²) < 4.78 is 34.0. The van der Waals surface area contributed by atoms with Crippen LogP contribution in [0, 0.1) is 12.3 Å². The van der Waals surface area contributed by atoms with E-state index in [2.05, 4.69) is 10.6 Å². The van der Waals surface area contributed by atoms with Gasteiger partial charge in [-0.3, -0.25) is 9.52 Å². The fraction of sp³-hybridized carbons (Fsp3) is 0.208. The molecule has 0 bridgehead atoms. The predicted molar refractivity (Wildman–Crippen MR) is 126 cm³/mol. The summed E-state index contributed by atoms with van der Waals surface area (Å²) in [6, 6.07) is 16.7. The largest absolute Gasteiger partial charge is 0.495 e. The van der Waals surface area contributed by atoms with Crippen LogP contribution in [0.2, 0.25) is 0 Å². The van der Waals surface area contributed by atoms with Crippen molar-refractivity contribution in [1.29, 1.82) is 0 Å². The van der Waals surface area contributed by atoms with Gasteiger partial charge in [0.25, 0.3) is 10.0 Å². The van der Waals surface area contributed by atoms with Crippen LogP contribution in [-0.4, -0.2) is 39.2 Å². The van der Waals surface area contributed by atoms with Crippen molar-refractivity contribution in [3.63, 3.8) is 0 Å². The Morgan fingerprint density at radius 1 is 1.12 bits per heavy atom. The number of sulfonamides is 1. The Hall–Kier alpha value is -3.70. The topological polar surface area (TPSA) is 95.9 Å². The minimum Gasteiger partial charge on any atom is -0.495 e. The van der Waals surface area contributed by atoms with Gasteiger partial charge >= 0.3 is 5.97 Å². The molecule has 0 aliphatic heterocycles. The number of hydrogen-bond donors (Lipinski definition) is 2. The summed E-state index contributed by atoms with van der Waals surface area (Å²) in [6.07, 6.45) is 5.46. The van der Waals surface area contributed by atoms with E-state index in [1.165, 1.54) is 13.2 Å². The van der Waals surface area contributed by atoms with E-state index in [1.807, 2.05) is 17.0 Å². The standard InChI is InChI=1S/C24H24N2O5S/c1-4-15-26(17(2)16-24(27)28)21-14-13-20(18-9-5-6-10-19(18)21)25-32(29,30)23-12-8-7-11-22(23)31-3/h1,5-14,17,25H,15-16H2,2-3H3,(H,27,28)/t17-/m0/s1. The fourth-order valence-corrected chi connectivity index (χ4v) is 4.85. The van der Waals surface area contributed by atoms with Gasteiger partial charge in [0.05, 0.1) is 25.8 Å². The Morgan fingerprint density at radius 2 is 1.78 bits per heavy atom. The molecular weight excluding hydrogens is 428 g/mol. The van der Waals surface area contributed by atoms with Crippen LogP contribution in [0.15, 0.2) is 65.6 Å². The van der Waals surface area contributed by atoms with E-state index < -0.39 is 16.0 Å². The Labute approximate surface area is 187 Å². The second kappa shape index (κ2) is 9.62. The molecule has 0 radical (unpaired) electrons. The smallest absolute Gasteiger partial charge is 0.305 e. The lowest BCUT2D eigenvalue weighted by atomic mass is 10.0. The first-order valence-corrected chi connectivity index (χ1v) is 11.4. The van der Waals surface area contributed by atoms with Gasteiger partial charge in [0.15, 0.2) is 0 Å². The number of nitrogens with zero attached hydrogens (tertiary/aromatic N) is 1. The molecule has 3 aromatic rings. The lowest BCUT2D eigenvalue weighted by Gasteiger charge is -2.30. The number of carboxylic acids is 1. The third-order valence-corrected chi connectivity index (χ3v) is 6.48. The molecule has 0 spiro atoms. The van der Waals surface area contributed by atoms with Gasteiger partial charge in [-0.25, -0.2) is 8.42 Å². The quantitative estimate of drug-likeness (QED) is 0.477. The number of ether oxygens (including phenoxy) is 1. The summed E-state index contributed by atoms with van der Waals surface area (Å²) in [6.45, 7) is 2.00. The maximum Gasteiger partial charge on any atom is 0.305 e. The second-order valence-corrected chi connectivity index (χ2v) is 8.86. The van der Waals surface area contributed by atoms with Crippen LogP contribution in [0.25, 0.3) is 10.8 Å². The molecule has 1 atom stereocenters. The predicted octanol–water partition coefficient (Wildman–Crippen LogP) is 3.95. The number of terminal acetylenes is 1. The second-order valence-electron chi connectivity index (χ2n) is 7.21. The van der Waals surface area contributed by atoms with Crippen molar-refractivity contribution in [1.82, 2.24) is 0 Å². The van der Waals surface area contributed by atoms with Crippen LogP contribution in [0.1, 0.15) is 13.3 Å². The van der Waals surface area contributed by atoms with E-state index in [0.29, 0.717) is 11.1 Å². The van der Waals surface area contributed by atoms with Gasteiger partial charge in [0.1, 0.15) is 10.6 Å². The number of rotatable bonds is 9. The Bertz CT molecular complexity index is 1280. The zero-order valence-electron chi connectivity index (χ0n) is 17.8. The molecule has 0 unspecified atom stereocenters. The van der Waals surface area contributed by atoms with E-state index in [0.717, 1.165) is 11.1 Å². The minimum absolute atomic E-state index is 0.0275. The molecule has 8 heteroatoms. The first-order valence-electron chi connectivity index (χ1n) is 9.88. The van der Waals surface area contributed by atoms with Crippen molar-refractivity contribution in [2.75, 3.05) is 23.3 Å². The Balaban J connectivity index is 2.08. The van der Waals surface area contributed by atoms with Crippen molar-refractivity contribution in [3.8, 4) is 18.1 Å². The number of aliphatic carboxylic acids is 1. The van der Waals surface area contributed by atoms with Gasteiger partial charge in [-0.05, 0) is 31.2 Å². The number of para-hydroxylation sites is 1. The summed E-state index contributed by atoms with van der Waals surface area (Å²) in [5, 5.41) is 10.6. The van der Waals surface area contributed by atoms with Crippen molar-refractivity contribution in [3.05, 3.63) is 60.7 Å². The molecule has 0 fully saturated rings. The number of anilines is 2. The first kappa shape index (κ1) is 23.0. The average molecular weight is 453 g/mol. The van der Waals surface area contributed by atoms with E-state index >= 15 is 0 Å². The van der Waals surface area contributed by atoms with Gasteiger partial charge < -0.3 is 14.7 Å². The summed E-state index contributed by atoms with van der Waals surface area (Å²) in [4.78, 5) is 13.1. The van der Waals surface area contributed by atoms with Crippen LogP contribution in [0.5, 0.6) is 5.75 Å². The summed E-state index contributed by atoms with van der Waals surface area (Å²) in [5.74, 6) is 1.89. The van der Waals surface area contributed by atoms with E-state index in [1.54, 1.807) is 49.4 Å². The van der Waals surface area contributed by atoms with E-state index in [-0.39, 0.29) is 29.7 Å². The van der Waals surface area contributed by atoms with Crippen LogP contribution in [0.4, 0.5) is 11.4 Å². The normalized spacial score (nSPS) is 12.0. The summed E-state index contributed by atoms with van der Waals surface area (Å²) >= 11 is 0. The number of methoxy groups -OCH3 is 1. The maximum absolute atomic E-state index is 13.1. The molecule has 3 rings (SSSR count). The fourth-order valence-electron chi connectivity index (χ4n) is 3.60. The van der Waals surface area contributed by atoms with Gasteiger partial charge in [-0.15, -0.1) is 6.42 Å². The highest BCUT2D eigenvalue weighted by Gasteiger charge is 2.23. The number of carboxylic acid groups (broad SMARTS) is 1. The summed E-state index contributed by atoms with van der Waals surface area (Å²) in [5.41, 5.74) is 1.12. The number of fused-ring (bicyclic) bond motifs is 1. The number of benzene rings is 3. The van der Waals surface area contributed by atoms with Crippen molar-refractivity contribution in [2.24, 2.45) is 0 Å². The van der Waals surface area contributed by atoms with Crippen LogP contribution in [-0.2, 0) is 14.8 Å². The van der Waals surface area contributed by atoms with Crippen LogP contribution in [0.3, 0.4) is 0 Å². The minimum atomic E-state index is -3.92. The summed E-state index contributed by atoms with van der Waals surface area (Å²) in [7, 11) is -2.51. The molecule has 3 aromatic carbocycles. The van der Waals surface area contributed by atoms with Crippen LogP contribution >= 0.6 is 0 Å². The molecule has 32 heavy (non-hydrogen) atoms. The maximum atomic E-state index is 13.1. The molecule has 0 aliphatic carbocycles. The van der Waals surface area contributed by atoms with Gasteiger partial charge in [0, 0.05) is 22.5 Å². The molecule has 7 nitrogen and oxygen atoms in total. The number of carbonyl (C=O) groups is 1. The molecule has 0 amide bonds. The highest BCUT2D eigenvalue weighted by molar-refractivity contribution is 7.92. The average Bonchev–Trinajstić information content (AvgIpc) is 2.77. The molecule has 0 aromatic heterocycles. The third kappa shape index (κ3) is 4.79. The molecule has 0 heterocycles. The molecule has 0 aliphatic rings. The molecule has 0 saturated heterocycles. The van der Waals surface area contributed by atoms with Crippen molar-refractivity contribution >= 4 is 38.1 Å². The molecule has 2 N–H and O–H groups in total. The molecular formula is C24H24N2O5S. The van der Waals surface area contributed by atoms with E-state index in [4.69, 9.17) is 11.2 Å².